The highest BCUT2D eigenvalue weighted by Crippen LogP contribution is 2.34. The van der Waals surface area contributed by atoms with Crippen molar-refractivity contribution in [2.45, 2.75) is 46.1 Å². The van der Waals surface area contributed by atoms with Crippen LogP contribution in [-0.4, -0.2) is 40.0 Å². The molecule has 0 saturated carbocycles. The topological polar surface area (TPSA) is 64.1 Å². The molecular weight excluding hydrogens is 320 g/mol. The second-order valence-corrected chi connectivity index (χ2v) is 7.29. The average Bonchev–Trinajstić information content (AvgIpc) is 3.19. The first-order valence-corrected chi connectivity index (χ1v) is 9.65. The summed E-state index contributed by atoms with van der Waals surface area (Å²) < 4.78 is 2.28. The fraction of sp³-hybridized carbons (Fsp3) is 0.556. The second kappa shape index (κ2) is 7.49. The van der Waals surface area contributed by atoms with Crippen LogP contribution < -0.4 is 5.73 Å². The van der Waals surface area contributed by atoms with E-state index in [0.29, 0.717) is 5.56 Å². The molecule has 1 amide bonds. The zero-order chi connectivity index (χ0) is 17.1. The molecule has 6 heteroatoms. The Hall–Kier alpha value is -1.66. The molecule has 3 rings (SSSR count). The van der Waals surface area contributed by atoms with Gasteiger partial charge >= 0.3 is 0 Å². The van der Waals surface area contributed by atoms with Crippen molar-refractivity contribution in [1.29, 1.82) is 0 Å². The van der Waals surface area contributed by atoms with E-state index in [2.05, 4.69) is 21.4 Å². The van der Waals surface area contributed by atoms with E-state index in [1.807, 2.05) is 12.3 Å². The highest BCUT2D eigenvalue weighted by Gasteiger charge is 2.25. The maximum Gasteiger partial charge on any atom is 0.251 e. The van der Waals surface area contributed by atoms with Crippen LogP contribution >= 0.6 is 11.3 Å². The summed E-state index contributed by atoms with van der Waals surface area (Å²) in [6, 6.07) is 0. The maximum absolute atomic E-state index is 12.1. The van der Waals surface area contributed by atoms with E-state index in [-0.39, 0.29) is 5.91 Å². The van der Waals surface area contributed by atoms with Crippen molar-refractivity contribution in [2.24, 2.45) is 5.73 Å². The molecule has 1 fully saturated rings. The second-order valence-electron chi connectivity index (χ2n) is 6.39. The number of nitrogens with zero attached hydrogens (tertiary/aromatic N) is 3. The molecule has 1 aliphatic heterocycles. The summed E-state index contributed by atoms with van der Waals surface area (Å²) in [5, 5.41) is 2.83. The minimum Gasteiger partial charge on any atom is -0.366 e. The molecule has 0 spiro atoms. The Morgan fingerprint density at radius 3 is 2.62 bits per heavy atom. The summed E-state index contributed by atoms with van der Waals surface area (Å²) >= 11 is 1.56. The summed E-state index contributed by atoms with van der Waals surface area (Å²) in [6.07, 6.45) is 6.58. The van der Waals surface area contributed by atoms with Crippen molar-refractivity contribution >= 4 is 17.2 Å². The van der Waals surface area contributed by atoms with Gasteiger partial charge in [0.2, 0.25) is 0 Å². The quantitative estimate of drug-likeness (QED) is 0.874. The molecule has 1 saturated heterocycles. The molecule has 1 aliphatic rings. The van der Waals surface area contributed by atoms with Gasteiger partial charge in [-0.1, -0.05) is 13.3 Å². The number of likely N-dealkylation sites (tertiary alicyclic amines) is 1. The number of carbonyl (C=O) groups is 1. The van der Waals surface area contributed by atoms with Gasteiger partial charge in [-0.3, -0.25) is 4.79 Å². The monoisotopic (exact) mass is 346 g/mol. The minimum atomic E-state index is -0.357. The van der Waals surface area contributed by atoms with Crippen LogP contribution in [0.25, 0.3) is 10.6 Å². The zero-order valence-electron chi connectivity index (χ0n) is 14.5. The van der Waals surface area contributed by atoms with Crippen LogP contribution in [0.3, 0.4) is 0 Å². The lowest BCUT2D eigenvalue weighted by molar-refractivity contribution is 0.1000. The molecule has 3 heterocycles. The van der Waals surface area contributed by atoms with E-state index in [9.17, 15) is 4.79 Å². The van der Waals surface area contributed by atoms with Gasteiger partial charge in [0.1, 0.15) is 5.01 Å². The molecule has 24 heavy (non-hydrogen) atoms. The van der Waals surface area contributed by atoms with Crippen LogP contribution in [-0.2, 0) is 13.0 Å². The Bertz CT molecular complexity index is 699. The van der Waals surface area contributed by atoms with E-state index >= 15 is 0 Å². The van der Waals surface area contributed by atoms with Crippen molar-refractivity contribution in [3.63, 3.8) is 0 Å². The minimum absolute atomic E-state index is 0.357. The Morgan fingerprint density at radius 2 is 2.04 bits per heavy atom. The van der Waals surface area contributed by atoms with Crippen molar-refractivity contribution in [1.82, 2.24) is 14.5 Å². The number of aromatic nitrogens is 2. The Kier molecular flexibility index (Phi) is 5.36. The van der Waals surface area contributed by atoms with Gasteiger partial charge < -0.3 is 15.2 Å². The lowest BCUT2D eigenvalue weighted by Gasteiger charge is -2.27. The molecule has 2 aromatic rings. The van der Waals surface area contributed by atoms with Crippen LogP contribution in [0, 0.1) is 6.92 Å². The molecule has 0 atom stereocenters. The van der Waals surface area contributed by atoms with E-state index in [4.69, 9.17) is 5.73 Å². The van der Waals surface area contributed by atoms with Gasteiger partial charge in [-0.2, -0.15) is 0 Å². The van der Waals surface area contributed by atoms with Crippen molar-refractivity contribution in [2.75, 3.05) is 19.6 Å². The molecule has 2 N–H and O–H groups in total. The Morgan fingerprint density at radius 1 is 1.29 bits per heavy atom. The fourth-order valence-corrected chi connectivity index (χ4v) is 4.48. The SMILES string of the molecule is CCc1c(-c2nccs2)c(C(N)=O)c(C)n1CCN1CCCCC1. The van der Waals surface area contributed by atoms with Gasteiger partial charge in [0.25, 0.3) is 5.91 Å². The summed E-state index contributed by atoms with van der Waals surface area (Å²) in [7, 11) is 0. The van der Waals surface area contributed by atoms with E-state index in [0.717, 1.165) is 35.8 Å². The van der Waals surface area contributed by atoms with Gasteiger partial charge in [0.05, 0.1) is 5.56 Å². The number of primary amides is 1. The van der Waals surface area contributed by atoms with Crippen LogP contribution in [0.1, 0.15) is 47.9 Å². The third kappa shape index (κ3) is 3.26. The lowest BCUT2D eigenvalue weighted by Crippen LogP contribution is -2.33. The number of amides is 1. The molecule has 0 radical (unpaired) electrons. The number of thiazole rings is 1. The molecule has 5 nitrogen and oxygen atoms in total. The average molecular weight is 347 g/mol. The van der Waals surface area contributed by atoms with Crippen molar-refractivity contribution in [3.8, 4) is 10.6 Å². The van der Waals surface area contributed by atoms with Gasteiger partial charge in [-0.25, -0.2) is 4.98 Å². The largest absolute Gasteiger partial charge is 0.366 e. The number of hydrogen-bond donors (Lipinski definition) is 1. The molecule has 2 aromatic heterocycles. The summed E-state index contributed by atoms with van der Waals surface area (Å²) in [4.78, 5) is 19.1. The standard InChI is InChI=1S/C18H26N4OS/c1-3-14-16(18-20-7-12-24-18)15(17(19)23)13(2)22(14)11-10-21-8-5-4-6-9-21/h7,12H,3-6,8-11H2,1-2H3,(H2,19,23). The van der Waals surface area contributed by atoms with Crippen LogP contribution in [0.5, 0.6) is 0 Å². The Labute approximate surface area is 147 Å². The summed E-state index contributed by atoms with van der Waals surface area (Å²) in [5.41, 5.74) is 9.44. The van der Waals surface area contributed by atoms with Crippen LogP contribution in [0.15, 0.2) is 11.6 Å². The highest BCUT2D eigenvalue weighted by molar-refractivity contribution is 7.13. The Balaban J connectivity index is 1.96. The predicted molar refractivity (Wildman–Crippen MR) is 98.5 cm³/mol. The third-order valence-corrected chi connectivity index (χ3v) is 5.74. The number of carbonyl (C=O) groups excluding carboxylic acids is 1. The van der Waals surface area contributed by atoms with Gasteiger partial charge in [0, 0.05) is 41.6 Å². The molecule has 130 valence electrons. The molecule has 0 bridgehead atoms. The van der Waals surface area contributed by atoms with Crippen molar-refractivity contribution < 1.29 is 4.79 Å². The first kappa shape index (κ1) is 17.2. The molecule has 0 aliphatic carbocycles. The van der Waals surface area contributed by atoms with E-state index in [1.54, 1.807) is 17.5 Å². The summed E-state index contributed by atoms with van der Waals surface area (Å²) in [5.74, 6) is -0.357. The fourth-order valence-electron chi connectivity index (χ4n) is 3.77. The lowest BCUT2D eigenvalue weighted by atomic mass is 10.1. The number of nitrogens with two attached hydrogens (primary N) is 1. The highest BCUT2D eigenvalue weighted by atomic mass is 32.1. The predicted octanol–water partition coefficient (Wildman–Crippen LogP) is 3.07. The number of hydrogen-bond acceptors (Lipinski definition) is 4. The normalized spacial score (nSPS) is 15.8. The number of rotatable bonds is 6. The first-order chi connectivity index (χ1) is 11.6. The van der Waals surface area contributed by atoms with Crippen LogP contribution in [0.2, 0.25) is 0 Å². The van der Waals surface area contributed by atoms with E-state index < -0.39 is 0 Å². The third-order valence-electron chi connectivity index (χ3n) is 4.95. The van der Waals surface area contributed by atoms with Crippen LogP contribution in [0.4, 0.5) is 0 Å². The van der Waals surface area contributed by atoms with Gasteiger partial charge in [-0.05, 0) is 39.3 Å². The maximum atomic E-state index is 12.1. The molecule has 0 unspecified atom stereocenters. The van der Waals surface area contributed by atoms with E-state index in [1.165, 1.54) is 38.0 Å². The molecule has 0 aromatic carbocycles. The smallest absolute Gasteiger partial charge is 0.251 e. The number of piperidine rings is 1. The summed E-state index contributed by atoms with van der Waals surface area (Å²) in [6.45, 7) is 8.44. The van der Waals surface area contributed by atoms with Gasteiger partial charge in [-0.15, -0.1) is 11.3 Å². The molecular formula is C18H26N4OS. The zero-order valence-corrected chi connectivity index (χ0v) is 15.4. The first-order valence-electron chi connectivity index (χ1n) is 8.77. The van der Waals surface area contributed by atoms with Crippen molar-refractivity contribution in [3.05, 3.63) is 28.5 Å². The van der Waals surface area contributed by atoms with Gasteiger partial charge in [0.15, 0.2) is 0 Å².